The zero-order valence-corrected chi connectivity index (χ0v) is 20.1. The van der Waals surface area contributed by atoms with Crippen LogP contribution in [0.1, 0.15) is 47.8 Å². The van der Waals surface area contributed by atoms with Crippen molar-refractivity contribution in [3.63, 3.8) is 0 Å². The summed E-state index contributed by atoms with van der Waals surface area (Å²) in [5, 5.41) is 12.6. The van der Waals surface area contributed by atoms with E-state index >= 15 is 4.39 Å². The van der Waals surface area contributed by atoms with Crippen LogP contribution in [-0.2, 0) is 4.74 Å². The number of hydrogen-bond donors (Lipinski definition) is 3. The quantitative estimate of drug-likeness (QED) is 0.379. The Morgan fingerprint density at radius 3 is 2.92 bits per heavy atom. The number of nitrogens with two attached hydrogens (primary N) is 1. The fraction of sp³-hybridized carbons (Fsp3) is 0.333. The van der Waals surface area contributed by atoms with Crippen molar-refractivity contribution in [2.45, 2.75) is 37.2 Å². The number of aliphatic hydroxyl groups excluding tert-OH is 1. The lowest BCUT2D eigenvalue weighted by Gasteiger charge is -2.47. The Labute approximate surface area is 212 Å². The molecule has 2 fully saturated rings. The molecule has 2 bridgehead atoms. The maximum Gasteiger partial charge on any atom is 0.256 e. The normalized spacial score (nSPS) is 23.2. The van der Waals surface area contributed by atoms with Gasteiger partial charge < -0.3 is 20.9 Å². The number of aliphatic hydroxyl groups is 1. The molecule has 1 saturated carbocycles. The third-order valence-corrected chi connectivity index (χ3v) is 7.63. The summed E-state index contributed by atoms with van der Waals surface area (Å²) in [4.78, 5) is 25.9. The van der Waals surface area contributed by atoms with Crippen molar-refractivity contribution in [3.8, 4) is 11.3 Å². The minimum atomic E-state index is -0.586. The fourth-order valence-electron chi connectivity index (χ4n) is 5.78. The smallest absolute Gasteiger partial charge is 0.256 e. The Balaban J connectivity index is 1.37. The van der Waals surface area contributed by atoms with E-state index in [0.717, 1.165) is 31.5 Å². The van der Waals surface area contributed by atoms with Gasteiger partial charge >= 0.3 is 0 Å². The molecule has 10 heteroatoms. The van der Waals surface area contributed by atoms with Crippen molar-refractivity contribution in [3.05, 3.63) is 72.2 Å². The van der Waals surface area contributed by atoms with E-state index in [1.807, 2.05) is 4.40 Å². The van der Waals surface area contributed by atoms with Crippen LogP contribution < -0.4 is 11.1 Å². The van der Waals surface area contributed by atoms with Crippen molar-refractivity contribution < 1.29 is 19.0 Å². The summed E-state index contributed by atoms with van der Waals surface area (Å²) in [6.07, 6.45) is 8.13. The van der Waals surface area contributed by atoms with Crippen molar-refractivity contribution in [1.29, 1.82) is 0 Å². The second-order valence-corrected chi connectivity index (χ2v) is 9.80. The molecule has 3 aromatic heterocycles. The maximum absolute atomic E-state index is 15.5. The summed E-state index contributed by atoms with van der Waals surface area (Å²) in [7, 11) is 0. The second kappa shape index (κ2) is 9.20. The summed E-state index contributed by atoms with van der Waals surface area (Å²) >= 11 is 0. The maximum atomic E-state index is 15.5. The summed E-state index contributed by atoms with van der Waals surface area (Å²) in [6.45, 7) is 0.602. The molecule has 2 aliphatic rings. The molecule has 4 N–H and O–H groups in total. The fourth-order valence-corrected chi connectivity index (χ4v) is 5.78. The lowest BCUT2D eigenvalue weighted by Crippen LogP contribution is -2.48. The molecule has 0 radical (unpaired) electrons. The molecular formula is C27H27FN6O3. The number of anilines is 2. The van der Waals surface area contributed by atoms with Gasteiger partial charge in [0.05, 0.1) is 12.2 Å². The number of amides is 1. The van der Waals surface area contributed by atoms with Crippen LogP contribution in [0.4, 0.5) is 16.0 Å². The molecule has 0 spiro atoms. The number of carbonyl (C=O) groups excluding carboxylic acids is 1. The largest absolute Gasteiger partial charge is 0.393 e. The van der Waals surface area contributed by atoms with E-state index in [1.165, 1.54) is 6.07 Å². The first-order valence-electron chi connectivity index (χ1n) is 12.4. The SMILES string of the molecule is Nc1nccn2c(C3CCC4(CO)CC3CCO4)nc(-c3ccc(C(=O)Nc4ccccn4)cc3F)c12. The van der Waals surface area contributed by atoms with Gasteiger partial charge in [0.1, 0.15) is 34.5 Å². The standard InChI is InChI=1S/C27H27FN6O3/c28-20-13-16(26(36)32-21-3-1-2-9-30-21)4-5-19(20)22-23-24(29)31-10-11-34(23)25(33-22)18-6-8-27(15-35)14-17(18)7-12-37-27/h1-5,9-11,13,17-18,35H,6-8,12,14-15H2,(H2,29,31)(H,30,32,36). The van der Waals surface area contributed by atoms with Gasteiger partial charge in [0, 0.05) is 42.2 Å². The van der Waals surface area contributed by atoms with Gasteiger partial charge in [-0.05, 0) is 61.9 Å². The Kier molecular flexibility index (Phi) is 5.85. The van der Waals surface area contributed by atoms with Gasteiger partial charge in [-0.3, -0.25) is 9.20 Å². The Hall–Kier alpha value is -3.89. The first-order valence-corrected chi connectivity index (χ1v) is 12.4. The van der Waals surface area contributed by atoms with Gasteiger partial charge in [0.15, 0.2) is 0 Å². The highest BCUT2D eigenvalue weighted by atomic mass is 19.1. The predicted molar refractivity (Wildman–Crippen MR) is 135 cm³/mol. The molecule has 190 valence electrons. The molecule has 1 aromatic carbocycles. The molecule has 1 aliphatic carbocycles. The molecule has 37 heavy (non-hydrogen) atoms. The highest BCUT2D eigenvalue weighted by Gasteiger charge is 2.46. The van der Waals surface area contributed by atoms with Crippen LogP contribution in [0.3, 0.4) is 0 Å². The van der Waals surface area contributed by atoms with E-state index in [2.05, 4.69) is 15.3 Å². The molecule has 1 aliphatic heterocycles. The highest BCUT2D eigenvalue weighted by Crippen LogP contribution is 2.48. The number of hydrogen-bond acceptors (Lipinski definition) is 7. The second-order valence-electron chi connectivity index (χ2n) is 9.80. The van der Waals surface area contributed by atoms with Crippen LogP contribution in [0.2, 0.25) is 0 Å². The number of nitrogen functional groups attached to an aromatic ring is 1. The zero-order chi connectivity index (χ0) is 25.6. The van der Waals surface area contributed by atoms with Gasteiger partial charge in [-0.25, -0.2) is 19.3 Å². The third-order valence-electron chi connectivity index (χ3n) is 7.63. The van der Waals surface area contributed by atoms with Gasteiger partial charge in [0.2, 0.25) is 0 Å². The molecule has 6 rings (SSSR count). The number of ether oxygens (including phenoxy) is 1. The first kappa shape index (κ1) is 23.5. The van der Waals surface area contributed by atoms with Crippen molar-refractivity contribution in [2.75, 3.05) is 24.3 Å². The molecule has 3 atom stereocenters. The molecule has 4 aromatic rings. The van der Waals surface area contributed by atoms with E-state index in [4.69, 9.17) is 15.5 Å². The summed E-state index contributed by atoms with van der Waals surface area (Å²) < 4.78 is 23.3. The van der Waals surface area contributed by atoms with Crippen LogP contribution in [0.25, 0.3) is 16.8 Å². The van der Waals surface area contributed by atoms with Crippen molar-refractivity contribution in [2.24, 2.45) is 5.92 Å². The number of halogens is 1. The Morgan fingerprint density at radius 2 is 2.14 bits per heavy atom. The Bertz CT molecular complexity index is 1480. The first-order chi connectivity index (χ1) is 18.0. The topological polar surface area (TPSA) is 128 Å². The average molecular weight is 503 g/mol. The van der Waals surface area contributed by atoms with E-state index in [0.29, 0.717) is 23.6 Å². The van der Waals surface area contributed by atoms with Crippen LogP contribution in [-0.4, -0.2) is 49.2 Å². The summed E-state index contributed by atoms with van der Waals surface area (Å²) in [6, 6.07) is 9.45. The van der Waals surface area contributed by atoms with Crippen molar-refractivity contribution in [1.82, 2.24) is 19.4 Å². The Morgan fingerprint density at radius 1 is 1.24 bits per heavy atom. The van der Waals surface area contributed by atoms with Crippen LogP contribution >= 0.6 is 0 Å². The summed E-state index contributed by atoms with van der Waals surface area (Å²) in [5.74, 6) is 0.774. The minimum absolute atomic E-state index is 0.00609. The predicted octanol–water partition coefficient (Wildman–Crippen LogP) is 3.80. The van der Waals surface area contributed by atoms with Gasteiger partial charge in [-0.1, -0.05) is 6.07 Å². The number of pyridine rings is 1. The van der Waals surface area contributed by atoms with Crippen LogP contribution in [0.5, 0.6) is 0 Å². The van der Waals surface area contributed by atoms with E-state index in [-0.39, 0.29) is 35.4 Å². The lowest BCUT2D eigenvalue weighted by atomic mass is 9.68. The molecule has 1 saturated heterocycles. The molecular weight excluding hydrogens is 475 g/mol. The number of carbonyl (C=O) groups is 1. The van der Waals surface area contributed by atoms with Gasteiger partial charge in [-0.15, -0.1) is 0 Å². The number of rotatable bonds is 5. The van der Waals surface area contributed by atoms with E-state index in [1.54, 1.807) is 48.9 Å². The number of fused-ring (bicyclic) bond motifs is 3. The van der Waals surface area contributed by atoms with Crippen LogP contribution in [0.15, 0.2) is 55.0 Å². The van der Waals surface area contributed by atoms with E-state index < -0.39 is 17.3 Å². The zero-order valence-electron chi connectivity index (χ0n) is 20.1. The third kappa shape index (κ3) is 4.11. The van der Waals surface area contributed by atoms with Gasteiger partial charge in [-0.2, -0.15) is 0 Å². The number of imidazole rings is 1. The number of nitrogens with zero attached hydrogens (tertiary/aromatic N) is 4. The van der Waals surface area contributed by atoms with Gasteiger partial charge in [0.25, 0.3) is 5.91 Å². The monoisotopic (exact) mass is 502 g/mol. The lowest BCUT2D eigenvalue weighted by molar-refractivity contribution is -0.150. The number of nitrogens with one attached hydrogen (secondary N) is 1. The highest BCUT2D eigenvalue weighted by molar-refractivity contribution is 6.04. The van der Waals surface area contributed by atoms with Crippen molar-refractivity contribution >= 4 is 23.1 Å². The molecule has 9 nitrogen and oxygen atoms in total. The number of aromatic nitrogens is 4. The minimum Gasteiger partial charge on any atom is -0.393 e. The van der Waals surface area contributed by atoms with E-state index in [9.17, 15) is 9.90 Å². The molecule has 4 heterocycles. The van der Waals surface area contributed by atoms with Crippen LogP contribution in [0, 0.1) is 11.7 Å². The molecule has 3 unspecified atom stereocenters. The summed E-state index contributed by atoms with van der Waals surface area (Å²) in [5.41, 5.74) is 7.13. The number of benzene rings is 1. The average Bonchev–Trinajstić information content (AvgIpc) is 3.30. The molecule has 1 amide bonds.